The highest BCUT2D eigenvalue weighted by Gasteiger charge is 2.27. The van der Waals surface area contributed by atoms with E-state index in [-0.39, 0.29) is 30.2 Å². The Morgan fingerprint density at radius 2 is 2.28 bits per heavy atom. The Hall–Kier alpha value is -1.99. The van der Waals surface area contributed by atoms with Gasteiger partial charge in [0.15, 0.2) is 5.69 Å². The van der Waals surface area contributed by atoms with Crippen molar-refractivity contribution < 1.29 is 9.18 Å². The largest absolute Gasteiger partial charge is 0.337 e. The second-order valence-corrected chi connectivity index (χ2v) is 6.44. The Morgan fingerprint density at radius 3 is 3.00 bits per heavy atom. The Morgan fingerprint density at radius 1 is 1.48 bits per heavy atom. The van der Waals surface area contributed by atoms with Gasteiger partial charge >= 0.3 is 0 Å². The number of aromatic nitrogens is 3. The van der Waals surface area contributed by atoms with Gasteiger partial charge in [0, 0.05) is 19.1 Å². The summed E-state index contributed by atoms with van der Waals surface area (Å²) in [7, 11) is 0. The molecule has 25 heavy (non-hydrogen) atoms. The van der Waals surface area contributed by atoms with Crippen molar-refractivity contribution in [3.8, 4) is 0 Å². The number of hydrogen-bond acceptors (Lipinski definition) is 4. The van der Waals surface area contributed by atoms with E-state index in [1.807, 2.05) is 13.0 Å². The number of halogens is 2. The van der Waals surface area contributed by atoms with Crippen LogP contribution in [0.1, 0.15) is 35.8 Å². The maximum atomic E-state index is 13.2. The van der Waals surface area contributed by atoms with E-state index in [9.17, 15) is 9.18 Å². The second-order valence-electron chi connectivity index (χ2n) is 6.44. The predicted molar refractivity (Wildman–Crippen MR) is 95.0 cm³/mol. The SMILES string of the molecule is CC(N)C1CCCN(C(=O)c2cn(Cc3cccc(F)c3)nn2)C1.Cl. The number of carbonyl (C=O) groups excluding carboxylic acids is 1. The molecule has 2 N–H and O–H groups in total. The minimum Gasteiger partial charge on any atom is -0.337 e. The average molecular weight is 368 g/mol. The zero-order chi connectivity index (χ0) is 17.1. The monoisotopic (exact) mass is 367 g/mol. The van der Waals surface area contributed by atoms with Crippen LogP contribution >= 0.6 is 12.4 Å². The van der Waals surface area contributed by atoms with E-state index in [4.69, 9.17) is 5.73 Å². The number of rotatable bonds is 4. The summed E-state index contributed by atoms with van der Waals surface area (Å²) in [5, 5.41) is 7.96. The molecule has 6 nitrogen and oxygen atoms in total. The van der Waals surface area contributed by atoms with Crippen molar-refractivity contribution in [2.24, 2.45) is 11.7 Å². The molecule has 1 saturated heterocycles. The fraction of sp³-hybridized carbons (Fsp3) is 0.471. The van der Waals surface area contributed by atoms with Gasteiger partial charge in [0.05, 0.1) is 12.7 Å². The Labute approximate surface area is 152 Å². The summed E-state index contributed by atoms with van der Waals surface area (Å²) in [5.41, 5.74) is 7.06. The minimum atomic E-state index is -0.292. The van der Waals surface area contributed by atoms with Crippen molar-refractivity contribution in [3.05, 3.63) is 47.5 Å². The van der Waals surface area contributed by atoms with Crippen LogP contribution < -0.4 is 5.73 Å². The molecule has 0 saturated carbocycles. The lowest BCUT2D eigenvalue weighted by atomic mass is 9.92. The van der Waals surface area contributed by atoms with Crippen molar-refractivity contribution >= 4 is 18.3 Å². The second kappa shape index (κ2) is 8.40. The first-order valence-electron chi connectivity index (χ1n) is 8.22. The van der Waals surface area contributed by atoms with Gasteiger partial charge in [-0.2, -0.15) is 0 Å². The maximum absolute atomic E-state index is 13.2. The smallest absolute Gasteiger partial charge is 0.276 e. The lowest BCUT2D eigenvalue weighted by Gasteiger charge is -2.34. The average Bonchev–Trinajstić information content (AvgIpc) is 3.02. The van der Waals surface area contributed by atoms with Crippen LogP contribution in [0.15, 0.2) is 30.5 Å². The fourth-order valence-corrected chi connectivity index (χ4v) is 3.08. The summed E-state index contributed by atoms with van der Waals surface area (Å²) < 4.78 is 14.8. The van der Waals surface area contributed by atoms with E-state index in [2.05, 4.69) is 10.3 Å². The molecule has 8 heteroatoms. The number of nitrogens with two attached hydrogens (primary N) is 1. The van der Waals surface area contributed by atoms with Crippen LogP contribution in [-0.2, 0) is 6.54 Å². The maximum Gasteiger partial charge on any atom is 0.276 e. The van der Waals surface area contributed by atoms with Gasteiger partial charge in [-0.1, -0.05) is 17.3 Å². The summed E-state index contributed by atoms with van der Waals surface area (Å²) in [6.07, 6.45) is 3.62. The zero-order valence-corrected chi connectivity index (χ0v) is 15.0. The third kappa shape index (κ3) is 4.76. The summed E-state index contributed by atoms with van der Waals surface area (Å²) in [4.78, 5) is 14.4. The van der Waals surface area contributed by atoms with Gasteiger partial charge in [-0.15, -0.1) is 17.5 Å². The van der Waals surface area contributed by atoms with Gasteiger partial charge in [-0.05, 0) is 43.4 Å². The van der Waals surface area contributed by atoms with Crippen molar-refractivity contribution in [2.45, 2.75) is 32.4 Å². The number of carbonyl (C=O) groups is 1. The number of nitrogens with zero attached hydrogens (tertiary/aromatic N) is 4. The van der Waals surface area contributed by atoms with E-state index >= 15 is 0 Å². The molecule has 0 aliphatic carbocycles. The number of amides is 1. The van der Waals surface area contributed by atoms with Crippen LogP contribution in [0.4, 0.5) is 4.39 Å². The molecule has 0 radical (unpaired) electrons. The first-order valence-corrected chi connectivity index (χ1v) is 8.22. The van der Waals surface area contributed by atoms with Crippen LogP contribution in [0.5, 0.6) is 0 Å². The molecule has 3 rings (SSSR count). The summed E-state index contributed by atoms with van der Waals surface area (Å²) in [6, 6.07) is 6.37. The molecular formula is C17H23ClFN5O. The standard InChI is InChI=1S/C17H22FN5O.ClH/c1-12(19)14-5-3-7-22(10-14)17(24)16-11-23(21-20-16)9-13-4-2-6-15(18)8-13;/h2,4,6,8,11-12,14H,3,5,7,9-10,19H2,1H3;1H. The molecular weight excluding hydrogens is 345 g/mol. The molecule has 2 atom stereocenters. The summed E-state index contributed by atoms with van der Waals surface area (Å²) in [5.74, 6) is -0.0879. The third-order valence-electron chi connectivity index (χ3n) is 4.48. The van der Waals surface area contributed by atoms with E-state index in [0.717, 1.165) is 24.9 Å². The van der Waals surface area contributed by atoms with Gasteiger partial charge in [-0.3, -0.25) is 4.79 Å². The topological polar surface area (TPSA) is 77.0 Å². The van der Waals surface area contributed by atoms with Gasteiger partial charge in [0.1, 0.15) is 5.82 Å². The minimum absolute atomic E-state index is 0. The molecule has 2 heterocycles. The third-order valence-corrected chi connectivity index (χ3v) is 4.48. The molecule has 1 aliphatic heterocycles. The van der Waals surface area contributed by atoms with E-state index in [0.29, 0.717) is 24.7 Å². The quantitative estimate of drug-likeness (QED) is 0.897. The van der Waals surface area contributed by atoms with E-state index < -0.39 is 0 Å². The molecule has 136 valence electrons. The number of hydrogen-bond donors (Lipinski definition) is 1. The molecule has 1 fully saturated rings. The van der Waals surface area contributed by atoms with Crippen molar-refractivity contribution in [1.29, 1.82) is 0 Å². The Kier molecular flexibility index (Phi) is 6.50. The summed E-state index contributed by atoms with van der Waals surface area (Å²) in [6.45, 7) is 3.74. The van der Waals surface area contributed by atoms with E-state index in [1.54, 1.807) is 21.8 Å². The van der Waals surface area contributed by atoms with Gasteiger partial charge < -0.3 is 10.6 Å². The molecule has 1 amide bonds. The zero-order valence-electron chi connectivity index (χ0n) is 14.1. The van der Waals surface area contributed by atoms with Crippen molar-refractivity contribution in [2.75, 3.05) is 13.1 Å². The molecule has 2 unspecified atom stereocenters. The Balaban J connectivity index is 0.00000225. The molecule has 0 bridgehead atoms. The Bertz CT molecular complexity index is 721. The lowest BCUT2D eigenvalue weighted by Crippen LogP contribution is -2.45. The van der Waals surface area contributed by atoms with Crippen molar-refractivity contribution in [3.63, 3.8) is 0 Å². The number of piperidine rings is 1. The first-order chi connectivity index (χ1) is 11.5. The lowest BCUT2D eigenvalue weighted by molar-refractivity contribution is 0.0655. The summed E-state index contributed by atoms with van der Waals surface area (Å²) >= 11 is 0. The van der Waals surface area contributed by atoms with Gasteiger partial charge in [-0.25, -0.2) is 9.07 Å². The molecule has 1 aromatic heterocycles. The molecule has 0 spiro atoms. The number of likely N-dealkylation sites (tertiary alicyclic amines) is 1. The van der Waals surface area contributed by atoms with Crippen LogP contribution in [0, 0.1) is 11.7 Å². The predicted octanol–water partition coefficient (Wildman–Crippen LogP) is 2.09. The van der Waals surface area contributed by atoms with Crippen molar-refractivity contribution in [1.82, 2.24) is 19.9 Å². The number of benzene rings is 1. The highest BCUT2D eigenvalue weighted by molar-refractivity contribution is 5.92. The van der Waals surface area contributed by atoms with Crippen LogP contribution in [0.3, 0.4) is 0 Å². The first kappa shape index (κ1) is 19.3. The van der Waals surface area contributed by atoms with Gasteiger partial charge in [0.25, 0.3) is 5.91 Å². The highest BCUT2D eigenvalue weighted by Crippen LogP contribution is 2.20. The molecule has 1 aliphatic rings. The van der Waals surface area contributed by atoms with Crippen LogP contribution in [-0.4, -0.2) is 44.9 Å². The molecule has 1 aromatic carbocycles. The van der Waals surface area contributed by atoms with Crippen LogP contribution in [0.2, 0.25) is 0 Å². The van der Waals surface area contributed by atoms with Gasteiger partial charge in [0.2, 0.25) is 0 Å². The van der Waals surface area contributed by atoms with Crippen LogP contribution in [0.25, 0.3) is 0 Å². The molecule has 2 aromatic rings. The normalized spacial score (nSPS) is 18.5. The van der Waals surface area contributed by atoms with E-state index in [1.165, 1.54) is 12.1 Å². The fourth-order valence-electron chi connectivity index (χ4n) is 3.08. The highest BCUT2D eigenvalue weighted by atomic mass is 35.5.